The number of carboxylic acid groups (broad SMARTS) is 1. The first-order valence-electron chi connectivity index (χ1n) is 5.13. The first kappa shape index (κ1) is 12.4. The van der Waals surface area contributed by atoms with E-state index >= 15 is 0 Å². The Bertz CT molecular complexity index is 341. The molecule has 0 aromatic heterocycles. The summed E-state index contributed by atoms with van der Waals surface area (Å²) in [5, 5.41) is 8.52. The van der Waals surface area contributed by atoms with E-state index in [9.17, 15) is 14.4 Å². The van der Waals surface area contributed by atoms with Crippen LogP contribution in [0, 0.1) is 5.92 Å². The van der Waals surface area contributed by atoms with Gasteiger partial charge in [-0.1, -0.05) is 6.92 Å². The lowest BCUT2D eigenvalue weighted by atomic mass is 9.97. The van der Waals surface area contributed by atoms with Gasteiger partial charge in [0.2, 0.25) is 11.8 Å². The zero-order chi connectivity index (χ0) is 12.3. The summed E-state index contributed by atoms with van der Waals surface area (Å²) < 4.78 is 0. The van der Waals surface area contributed by atoms with Gasteiger partial charge in [-0.25, -0.2) is 4.79 Å². The first-order valence-corrected chi connectivity index (χ1v) is 5.13. The molecule has 1 heterocycles. The number of carbonyl (C=O) groups excluding carboxylic acids is 2. The number of amides is 2. The molecule has 0 spiro atoms. The third-order valence-electron chi connectivity index (χ3n) is 2.43. The summed E-state index contributed by atoms with van der Waals surface area (Å²) in [6.07, 6.45) is 1.72. The van der Waals surface area contributed by atoms with Crippen molar-refractivity contribution < 1.29 is 19.5 Å². The van der Waals surface area contributed by atoms with Crippen LogP contribution < -0.4 is 0 Å². The number of hydrogen-bond acceptors (Lipinski definition) is 3. The van der Waals surface area contributed by atoms with Crippen LogP contribution in [0.4, 0.5) is 0 Å². The van der Waals surface area contributed by atoms with Crippen LogP contribution in [0.5, 0.6) is 0 Å². The Morgan fingerprint density at radius 3 is 2.38 bits per heavy atom. The predicted octanol–water partition coefficient (Wildman–Crippen LogP) is 0.802. The minimum Gasteiger partial charge on any atom is -0.478 e. The monoisotopic (exact) mass is 225 g/mol. The Kier molecular flexibility index (Phi) is 3.82. The number of carbonyl (C=O) groups is 3. The molecule has 1 N–H and O–H groups in total. The van der Waals surface area contributed by atoms with E-state index in [2.05, 4.69) is 0 Å². The third kappa shape index (κ3) is 3.18. The van der Waals surface area contributed by atoms with E-state index in [1.54, 1.807) is 6.92 Å². The zero-order valence-corrected chi connectivity index (χ0v) is 9.40. The highest BCUT2D eigenvalue weighted by Gasteiger charge is 2.30. The standard InChI is InChI=1S/C11H15NO4/c1-7-3-9(13)12(10(14)4-7)6-8(2)5-11(15)16/h5,7H,3-4,6H2,1-2H3,(H,15,16). The summed E-state index contributed by atoms with van der Waals surface area (Å²) in [5.74, 6) is -1.42. The molecule has 0 unspecified atom stereocenters. The van der Waals surface area contributed by atoms with Gasteiger partial charge in [0.15, 0.2) is 0 Å². The molecule has 88 valence electrons. The van der Waals surface area contributed by atoms with Gasteiger partial charge in [0.1, 0.15) is 0 Å². The second-order valence-electron chi connectivity index (χ2n) is 4.22. The van der Waals surface area contributed by atoms with Crippen molar-refractivity contribution in [2.45, 2.75) is 26.7 Å². The van der Waals surface area contributed by atoms with Crippen molar-refractivity contribution in [1.82, 2.24) is 4.90 Å². The maximum absolute atomic E-state index is 11.6. The fourth-order valence-corrected chi connectivity index (χ4v) is 1.71. The van der Waals surface area contributed by atoms with Crippen molar-refractivity contribution in [3.8, 4) is 0 Å². The maximum atomic E-state index is 11.6. The molecule has 5 heteroatoms. The van der Waals surface area contributed by atoms with E-state index < -0.39 is 5.97 Å². The van der Waals surface area contributed by atoms with E-state index in [0.717, 1.165) is 11.0 Å². The summed E-state index contributed by atoms with van der Waals surface area (Å²) in [7, 11) is 0. The molecule has 0 bridgehead atoms. The number of aliphatic carboxylic acids is 1. The van der Waals surface area contributed by atoms with E-state index in [4.69, 9.17) is 5.11 Å². The average Bonchev–Trinajstić information content (AvgIpc) is 2.09. The van der Waals surface area contributed by atoms with Gasteiger partial charge in [0.25, 0.3) is 0 Å². The van der Waals surface area contributed by atoms with Crippen LogP contribution in [-0.4, -0.2) is 34.3 Å². The molecule has 1 fully saturated rings. The Morgan fingerprint density at radius 2 is 1.94 bits per heavy atom. The molecule has 0 aromatic rings. The molecule has 16 heavy (non-hydrogen) atoms. The largest absolute Gasteiger partial charge is 0.478 e. The van der Waals surface area contributed by atoms with Gasteiger partial charge >= 0.3 is 5.97 Å². The molecule has 1 aliphatic rings. The molecule has 0 radical (unpaired) electrons. The minimum absolute atomic E-state index is 0.0800. The summed E-state index contributed by atoms with van der Waals surface area (Å²) >= 11 is 0. The Hall–Kier alpha value is -1.65. The first-order chi connectivity index (χ1) is 7.40. The van der Waals surface area contributed by atoms with Crippen molar-refractivity contribution in [2.24, 2.45) is 5.92 Å². The number of likely N-dealkylation sites (tertiary alicyclic amines) is 1. The average molecular weight is 225 g/mol. The predicted molar refractivity (Wildman–Crippen MR) is 56.5 cm³/mol. The van der Waals surface area contributed by atoms with Crippen molar-refractivity contribution >= 4 is 17.8 Å². The zero-order valence-electron chi connectivity index (χ0n) is 9.40. The van der Waals surface area contributed by atoms with E-state index in [0.29, 0.717) is 18.4 Å². The van der Waals surface area contributed by atoms with Gasteiger partial charge in [-0.2, -0.15) is 0 Å². The summed E-state index contributed by atoms with van der Waals surface area (Å²) in [5.41, 5.74) is 0.490. The minimum atomic E-state index is -1.07. The van der Waals surface area contributed by atoms with Crippen molar-refractivity contribution in [1.29, 1.82) is 0 Å². The number of rotatable bonds is 3. The fraction of sp³-hybridized carbons (Fsp3) is 0.545. The van der Waals surface area contributed by atoms with Crippen molar-refractivity contribution in [2.75, 3.05) is 6.54 Å². The number of nitrogens with zero attached hydrogens (tertiary/aromatic N) is 1. The maximum Gasteiger partial charge on any atom is 0.328 e. The van der Waals surface area contributed by atoms with Crippen LogP contribution in [0.15, 0.2) is 11.6 Å². The lowest BCUT2D eigenvalue weighted by molar-refractivity contribution is -0.149. The highest BCUT2D eigenvalue weighted by atomic mass is 16.4. The SMILES string of the molecule is CC(=CC(=O)O)CN1C(=O)CC(C)CC1=O. The highest BCUT2D eigenvalue weighted by molar-refractivity contribution is 5.98. The van der Waals surface area contributed by atoms with Crippen LogP contribution in [0.1, 0.15) is 26.7 Å². The van der Waals surface area contributed by atoms with Gasteiger partial charge in [0, 0.05) is 25.5 Å². The van der Waals surface area contributed by atoms with E-state index in [1.165, 1.54) is 0 Å². The molecule has 0 aromatic carbocycles. The Labute approximate surface area is 93.7 Å². The lowest BCUT2D eigenvalue weighted by Gasteiger charge is -2.28. The van der Waals surface area contributed by atoms with Crippen molar-refractivity contribution in [3.05, 3.63) is 11.6 Å². The summed E-state index contributed by atoms with van der Waals surface area (Å²) in [6, 6.07) is 0. The molecule has 1 rings (SSSR count). The van der Waals surface area contributed by atoms with Crippen molar-refractivity contribution in [3.63, 3.8) is 0 Å². The van der Waals surface area contributed by atoms with E-state index in [1.807, 2.05) is 6.92 Å². The second-order valence-corrected chi connectivity index (χ2v) is 4.22. The topological polar surface area (TPSA) is 74.7 Å². The fourth-order valence-electron chi connectivity index (χ4n) is 1.71. The van der Waals surface area contributed by atoms with Gasteiger partial charge in [-0.05, 0) is 18.4 Å². The molecule has 5 nitrogen and oxygen atoms in total. The lowest BCUT2D eigenvalue weighted by Crippen LogP contribution is -2.43. The molecule has 0 aliphatic carbocycles. The molecule has 0 atom stereocenters. The Morgan fingerprint density at radius 1 is 1.44 bits per heavy atom. The smallest absolute Gasteiger partial charge is 0.328 e. The highest BCUT2D eigenvalue weighted by Crippen LogP contribution is 2.19. The molecule has 2 amide bonds. The third-order valence-corrected chi connectivity index (χ3v) is 2.43. The molecule has 1 aliphatic heterocycles. The number of piperidine rings is 1. The molecule has 1 saturated heterocycles. The molecular weight excluding hydrogens is 210 g/mol. The Balaban J connectivity index is 2.70. The van der Waals surface area contributed by atoms with Crippen LogP contribution in [-0.2, 0) is 14.4 Å². The van der Waals surface area contributed by atoms with Gasteiger partial charge in [0.05, 0.1) is 0 Å². The summed E-state index contributed by atoms with van der Waals surface area (Å²) in [6.45, 7) is 3.52. The van der Waals surface area contributed by atoms with Crippen LogP contribution in [0.25, 0.3) is 0 Å². The van der Waals surface area contributed by atoms with Crippen LogP contribution in [0.2, 0.25) is 0 Å². The quantitative estimate of drug-likeness (QED) is 0.569. The number of imide groups is 1. The molecular formula is C11H15NO4. The number of carboxylic acids is 1. The normalized spacial score (nSPS) is 19.1. The van der Waals surface area contributed by atoms with Gasteiger partial charge < -0.3 is 5.11 Å². The second kappa shape index (κ2) is 4.92. The van der Waals surface area contributed by atoms with Crippen LogP contribution >= 0.6 is 0 Å². The number of hydrogen-bond donors (Lipinski definition) is 1. The van der Waals surface area contributed by atoms with Crippen LogP contribution in [0.3, 0.4) is 0 Å². The summed E-state index contributed by atoms with van der Waals surface area (Å²) in [4.78, 5) is 34.7. The molecule has 0 saturated carbocycles. The van der Waals surface area contributed by atoms with E-state index in [-0.39, 0.29) is 24.3 Å². The van der Waals surface area contributed by atoms with Gasteiger partial charge in [-0.15, -0.1) is 0 Å². The van der Waals surface area contributed by atoms with Gasteiger partial charge in [-0.3, -0.25) is 14.5 Å².